The molecule has 4 nitrogen and oxygen atoms in total. The summed E-state index contributed by atoms with van der Waals surface area (Å²) < 4.78 is 0. The molecule has 0 radical (unpaired) electrons. The van der Waals surface area contributed by atoms with E-state index < -0.39 is 0 Å². The third kappa shape index (κ3) is 4.52. The number of nitrogens with two attached hydrogens (primary N) is 1. The van der Waals surface area contributed by atoms with Gasteiger partial charge in [0.25, 0.3) is 0 Å². The Morgan fingerprint density at radius 1 is 1.33 bits per heavy atom. The quantitative estimate of drug-likeness (QED) is 0.821. The van der Waals surface area contributed by atoms with Gasteiger partial charge in [-0.05, 0) is 37.3 Å². The number of nitrogens with zero attached hydrogens (tertiary/aromatic N) is 1. The Bertz CT molecular complexity index is 649. The normalized spacial score (nSPS) is 12.0. The van der Waals surface area contributed by atoms with Gasteiger partial charge >= 0.3 is 0 Å². The maximum atomic E-state index is 12.2. The number of hydrogen-bond donors (Lipinski definition) is 2. The Morgan fingerprint density at radius 3 is 2.76 bits per heavy atom. The number of pyridine rings is 1. The first kappa shape index (κ1) is 15.9. The van der Waals surface area contributed by atoms with E-state index in [9.17, 15) is 4.79 Å². The van der Waals surface area contributed by atoms with E-state index in [-0.39, 0.29) is 11.2 Å². The van der Waals surface area contributed by atoms with Gasteiger partial charge < -0.3 is 11.1 Å². The number of aromatic nitrogens is 1. The minimum absolute atomic E-state index is 0.178. The van der Waals surface area contributed by atoms with Gasteiger partial charge in [-0.2, -0.15) is 0 Å². The lowest BCUT2D eigenvalue weighted by Gasteiger charge is -2.12. The lowest BCUT2D eigenvalue weighted by Crippen LogP contribution is -2.22. The summed E-state index contributed by atoms with van der Waals surface area (Å²) in [6, 6.07) is 8.43. The van der Waals surface area contributed by atoms with Crippen LogP contribution in [0.3, 0.4) is 0 Å². The van der Waals surface area contributed by atoms with Crippen LogP contribution in [0.4, 0.5) is 11.4 Å². The van der Waals surface area contributed by atoms with Gasteiger partial charge in [0.15, 0.2) is 0 Å². The molecular weight excluding hydrogens is 329 g/mol. The molecule has 0 aliphatic heterocycles. The van der Waals surface area contributed by atoms with E-state index >= 15 is 0 Å². The molecule has 1 aromatic heterocycles. The molecule has 2 rings (SSSR count). The highest BCUT2D eigenvalue weighted by atomic mass is 35.5. The molecule has 1 amide bonds. The molecule has 1 aromatic carbocycles. The number of rotatable bonds is 4. The first-order valence-electron chi connectivity index (χ1n) is 6.10. The minimum Gasteiger partial charge on any atom is -0.397 e. The third-order valence-corrected chi connectivity index (χ3v) is 4.23. The number of amides is 1. The number of carbonyl (C=O) groups is 1. The summed E-state index contributed by atoms with van der Waals surface area (Å²) in [4.78, 5) is 16.3. The fourth-order valence-electron chi connectivity index (χ4n) is 1.52. The van der Waals surface area contributed by atoms with Crippen molar-refractivity contribution < 1.29 is 4.79 Å². The minimum atomic E-state index is -0.337. The van der Waals surface area contributed by atoms with Crippen LogP contribution in [-0.4, -0.2) is 16.1 Å². The summed E-state index contributed by atoms with van der Waals surface area (Å²) in [7, 11) is 0. The van der Waals surface area contributed by atoms with Crippen molar-refractivity contribution in [1.29, 1.82) is 0 Å². The number of nitrogen functional groups attached to an aromatic ring is 1. The largest absolute Gasteiger partial charge is 0.397 e. The van der Waals surface area contributed by atoms with E-state index in [4.69, 9.17) is 28.9 Å². The SMILES string of the molecule is CC(Sc1ccc(N)cn1)C(=O)Nc1cc(Cl)ccc1Cl. The van der Waals surface area contributed by atoms with E-state index in [1.807, 2.05) is 0 Å². The molecule has 2 aromatic rings. The number of carbonyl (C=O) groups excluding carboxylic acids is 1. The molecule has 0 saturated heterocycles. The van der Waals surface area contributed by atoms with Crippen molar-refractivity contribution in [1.82, 2.24) is 4.98 Å². The lowest BCUT2D eigenvalue weighted by molar-refractivity contribution is -0.115. The van der Waals surface area contributed by atoms with Crippen LogP contribution >= 0.6 is 35.0 Å². The number of nitrogens with one attached hydrogen (secondary N) is 1. The summed E-state index contributed by atoms with van der Waals surface area (Å²) in [5.41, 5.74) is 6.65. The van der Waals surface area contributed by atoms with E-state index in [1.54, 1.807) is 43.5 Å². The maximum Gasteiger partial charge on any atom is 0.237 e. The number of hydrogen-bond acceptors (Lipinski definition) is 4. The van der Waals surface area contributed by atoms with Crippen LogP contribution in [0.5, 0.6) is 0 Å². The molecule has 0 aliphatic carbocycles. The van der Waals surface area contributed by atoms with Crippen LogP contribution in [0.25, 0.3) is 0 Å². The van der Waals surface area contributed by atoms with Crippen molar-refractivity contribution >= 4 is 52.2 Å². The Hall–Kier alpha value is -1.43. The Kier molecular flexibility index (Phi) is 5.33. The van der Waals surface area contributed by atoms with Crippen molar-refractivity contribution in [2.24, 2.45) is 0 Å². The van der Waals surface area contributed by atoms with Crippen LogP contribution in [0.2, 0.25) is 10.0 Å². The third-order valence-electron chi connectivity index (χ3n) is 2.61. The molecule has 0 saturated carbocycles. The summed E-state index contributed by atoms with van der Waals surface area (Å²) in [6.07, 6.45) is 1.56. The Morgan fingerprint density at radius 2 is 2.10 bits per heavy atom. The van der Waals surface area contributed by atoms with Crippen LogP contribution in [0, 0.1) is 0 Å². The molecule has 1 heterocycles. The summed E-state index contributed by atoms with van der Waals surface area (Å²) in [6.45, 7) is 1.79. The zero-order valence-corrected chi connectivity index (χ0v) is 13.5. The predicted molar refractivity (Wildman–Crippen MR) is 89.1 cm³/mol. The molecule has 110 valence electrons. The van der Waals surface area contributed by atoms with Gasteiger partial charge in [0.1, 0.15) is 0 Å². The summed E-state index contributed by atoms with van der Waals surface area (Å²) in [5.74, 6) is -0.178. The first-order valence-corrected chi connectivity index (χ1v) is 7.73. The molecule has 0 bridgehead atoms. The van der Waals surface area contributed by atoms with E-state index in [0.717, 1.165) is 5.03 Å². The second kappa shape index (κ2) is 7.02. The maximum absolute atomic E-state index is 12.2. The highest BCUT2D eigenvalue weighted by Gasteiger charge is 2.16. The van der Waals surface area contributed by atoms with Gasteiger partial charge in [0.2, 0.25) is 5.91 Å². The molecule has 1 unspecified atom stereocenters. The standard InChI is InChI=1S/C14H13Cl2N3OS/c1-8(21-13-5-3-10(17)7-18-13)14(20)19-12-6-9(15)2-4-11(12)16/h2-8H,17H2,1H3,(H,19,20). The van der Waals surface area contributed by atoms with Gasteiger partial charge in [0, 0.05) is 5.02 Å². The van der Waals surface area contributed by atoms with Crippen LogP contribution in [0.15, 0.2) is 41.6 Å². The van der Waals surface area contributed by atoms with Crippen molar-refractivity contribution in [3.8, 4) is 0 Å². The highest BCUT2D eigenvalue weighted by Crippen LogP contribution is 2.27. The molecule has 3 N–H and O–H groups in total. The first-order chi connectivity index (χ1) is 9.95. The molecule has 7 heteroatoms. The number of benzene rings is 1. The molecule has 0 fully saturated rings. The fourth-order valence-corrected chi connectivity index (χ4v) is 2.65. The second-order valence-corrected chi connectivity index (χ2v) is 6.51. The average molecular weight is 342 g/mol. The molecular formula is C14H13Cl2N3OS. The number of thioether (sulfide) groups is 1. The van der Waals surface area contributed by atoms with Gasteiger partial charge in [-0.3, -0.25) is 4.79 Å². The number of halogens is 2. The zero-order chi connectivity index (χ0) is 15.4. The lowest BCUT2D eigenvalue weighted by atomic mass is 10.3. The average Bonchev–Trinajstić information content (AvgIpc) is 2.45. The smallest absolute Gasteiger partial charge is 0.237 e. The van der Waals surface area contributed by atoms with Crippen molar-refractivity contribution in [2.45, 2.75) is 17.2 Å². The molecule has 0 spiro atoms. The van der Waals surface area contributed by atoms with Crippen molar-refractivity contribution in [2.75, 3.05) is 11.1 Å². The van der Waals surface area contributed by atoms with Crippen molar-refractivity contribution in [3.05, 3.63) is 46.6 Å². The number of anilines is 2. The van der Waals surface area contributed by atoms with E-state index in [1.165, 1.54) is 11.8 Å². The second-order valence-electron chi connectivity index (χ2n) is 4.30. The Balaban J connectivity index is 2.02. The summed E-state index contributed by atoms with van der Waals surface area (Å²) >= 11 is 13.2. The molecule has 1 atom stereocenters. The molecule has 0 aliphatic rings. The summed E-state index contributed by atoms with van der Waals surface area (Å²) in [5, 5.41) is 4.09. The van der Waals surface area contributed by atoms with Gasteiger partial charge in [0.05, 0.1) is 32.9 Å². The van der Waals surface area contributed by atoms with Crippen LogP contribution < -0.4 is 11.1 Å². The fraction of sp³-hybridized carbons (Fsp3) is 0.143. The topological polar surface area (TPSA) is 68.0 Å². The van der Waals surface area contributed by atoms with E-state index in [2.05, 4.69) is 10.3 Å². The zero-order valence-electron chi connectivity index (χ0n) is 11.1. The molecule has 21 heavy (non-hydrogen) atoms. The van der Waals surface area contributed by atoms with Gasteiger partial charge in [-0.1, -0.05) is 35.0 Å². The van der Waals surface area contributed by atoms with Gasteiger partial charge in [-0.15, -0.1) is 0 Å². The highest BCUT2D eigenvalue weighted by molar-refractivity contribution is 8.00. The van der Waals surface area contributed by atoms with Gasteiger partial charge in [-0.25, -0.2) is 4.98 Å². The van der Waals surface area contributed by atoms with Crippen LogP contribution in [-0.2, 0) is 4.79 Å². The van der Waals surface area contributed by atoms with Crippen molar-refractivity contribution in [3.63, 3.8) is 0 Å². The van der Waals surface area contributed by atoms with E-state index in [0.29, 0.717) is 21.4 Å². The monoisotopic (exact) mass is 341 g/mol. The predicted octanol–water partition coefficient (Wildman–Crippen LogP) is 4.09. The van der Waals surface area contributed by atoms with Crippen LogP contribution in [0.1, 0.15) is 6.92 Å². The Labute approximate surface area is 137 Å².